The number of rotatable bonds is 4. The van der Waals surface area contributed by atoms with Gasteiger partial charge in [0.2, 0.25) is 0 Å². The Bertz CT molecular complexity index is 1340. The van der Waals surface area contributed by atoms with Gasteiger partial charge in [0.05, 0.1) is 52.8 Å². The van der Waals surface area contributed by atoms with Crippen molar-refractivity contribution in [2.75, 3.05) is 23.3 Å². The van der Waals surface area contributed by atoms with Crippen molar-refractivity contribution in [1.29, 1.82) is 0 Å². The minimum absolute atomic E-state index is 0.125. The van der Waals surface area contributed by atoms with E-state index in [9.17, 15) is 9.90 Å². The molecule has 166 valence electrons. The molecule has 0 atom stereocenters. The lowest BCUT2D eigenvalue weighted by Crippen LogP contribution is -2.35. The van der Waals surface area contributed by atoms with Gasteiger partial charge in [-0.05, 0) is 43.2 Å². The second-order valence-electron chi connectivity index (χ2n) is 8.38. The quantitative estimate of drug-likeness (QED) is 0.447. The van der Waals surface area contributed by atoms with Crippen LogP contribution in [0.25, 0.3) is 16.8 Å². The van der Waals surface area contributed by atoms with Crippen LogP contribution in [0.1, 0.15) is 28.8 Å². The van der Waals surface area contributed by atoms with Gasteiger partial charge in [0, 0.05) is 37.0 Å². The molecular formula is C24H23N7O2. The molecule has 0 saturated carbocycles. The van der Waals surface area contributed by atoms with E-state index in [1.165, 1.54) is 0 Å². The third-order valence-corrected chi connectivity index (χ3v) is 6.36. The number of aliphatic hydroxyl groups is 1. The van der Waals surface area contributed by atoms with Crippen molar-refractivity contribution >= 4 is 28.6 Å². The summed E-state index contributed by atoms with van der Waals surface area (Å²) in [7, 11) is 0. The molecule has 4 aromatic rings. The molecule has 6 rings (SSSR count). The monoisotopic (exact) mass is 441 g/mol. The Morgan fingerprint density at radius 2 is 1.97 bits per heavy atom. The summed E-state index contributed by atoms with van der Waals surface area (Å²) < 4.78 is 1.80. The van der Waals surface area contributed by atoms with Gasteiger partial charge in [-0.3, -0.25) is 9.78 Å². The van der Waals surface area contributed by atoms with Crippen LogP contribution in [0.15, 0.2) is 55.1 Å². The van der Waals surface area contributed by atoms with Gasteiger partial charge in [0.25, 0.3) is 5.91 Å². The number of fused-ring (bicyclic) bond motifs is 2. The molecule has 9 nitrogen and oxygen atoms in total. The number of aliphatic hydroxyl groups excluding tert-OH is 1. The Kier molecular flexibility index (Phi) is 4.69. The van der Waals surface area contributed by atoms with E-state index in [-0.39, 0.29) is 12.0 Å². The van der Waals surface area contributed by atoms with Crippen molar-refractivity contribution in [3.8, 4) is 11.3 Å². The van der Waals surface area contributed by atoms with Crippen molar-refractivity contribution in [3.05, 3.63) is 66.2 Å². The summed E-state index contributed by atoms with van der Waals surface area (Å²) in [6.45, 7) is 2.06. The van der Waals surface area contributed by atoms with Gasteiger partial charge in [-0.2, -0.15) is 5.10 Å². The number of hydrogen-bond donors (Lipinski definition) is 3. The Morgan fingerprint density at radius 1 is 1.09 bits per heavy atom. The maximum Gasteiger partial charge on any atom is 0.254 e. The average molecular weight is 441 g/mol. The highest BCUT2D eigenvalue weighted by Gasteiger charge is 2.28. The van der Waals surface area contributed by atoms with Crippen LogP contribution in [0, 0.1) is 0 Å². The molecule has 3 N–H and O–H groups in total. The van der Waals surface area contributed by atoms with Crippen LogP contribution in [0.3, 0.4) is 0 Å². The highest BCUT2D eigenvalue weighted by atomic mass is 16.3. The number of hydrogen-bond acceptors (Lipinski definition) is 7. The molecule has 2 aliphatic heterocycles. The fourth-order valence-corrected chi connectivity index (χ4v) is 4.63. The zero-order valence-corrected chi connectivity index (χ0v) is 17.9. The van der Waals surface area contributed by atoms with Crippen LogP contribution in [-0.2, 0) is 6.54 Å². The first-order chi connectivity index (χ1) is 16.2. The molecule has 2 aliphatic rings. The smallest absolute Gasteiger partial charge is 0.254 e. The summed E-state index contributed by atoms with van der Waals surface area (Å²) in [4.78, 5) is 24.2. The van der Waals surface area contributed by atoms with Crippen LogP contribution >= 0.6 is 0 Å². The standard InChI is InChI=1S/C24H23N7O2/c32-16-6-10-30(11-7-16)15-3-4-21(25-12-15)29-19-14-26-23(18-13-27-24(33)22(18)19)17-2-1-9-31-20(17)5-8-28-31/h1-5,8-9,12,14,16,32H,6-7,10-11,13H2,(H,25,29)(H,27,33). The molecule has 0 spiro atoms. The zero-order valence-electron chi connectivity index (χ0n) is 17.9. The van der Waals surface area contributed by atoms with Crippen molar-refractivity contribution in [3.63, 3.8) is 0 Å². The van der Waals surface area contributed by atoms with Crippen LogP contribution in [0.4, 0.5) is 17.2 Å². The minimum Gasteiger partial charge on any atom is -0.393 e. The maximum absolute atomic E-state index is 12.7. The number of piperidine rings is 1. The lowest BCUT2D eigenvalue weighted by Gasteiger charge is -2.31. The van der Waals surface area contributed by atoms with Gasteiger partial charge in [0.15, 0.2) is 0 Å². The molecule has 1 amide bonds. The number of nitrogens with zero attached hydrogens (tertiary/aromatic N) is 5. The van der Waals surface area contributed by atoms with E-state index in [4.69, 9.17) is 4.98 Å². The topological polar surface area (TPSA) is 108 Å². The van der Waals surface area contributed by atoms with E-state index in [0.29, 0.717) is 23.6 Å². The maximum atomic E-state index is 12.7. The van der Waals surface area contributed by atoms with E-state index in [0.717, 1.165) is 54.0 Å². The number of carbonyl (C=O) groups excluding carboxylic acids is 1. The first-order valence-corrected chi connectivity index (χ1v) is 11.1. The zero-order chi connectivity index (χ0) is 22.4. The van der Waals surface area contributed by atoms with Gasteiger partial charge >= 0.3 is 0 Å². The van der Waals surface area contributed by atoms with E-state index >= 15 is 0 Å². The van der Waals surface area contributed by atoms with Crippen LogP contribution in [0.5, 0.6) is 0 Å². The van der Waals surface area contributed by atoms with Gasteiger partial charge in [0.1, 0.15) is 5.82 Å². The highest BCUT2D eigenvalue weighted by molar-refractivity contribution is 6.06. The van der Waals surface area contributed by atoms with Gasteiger partial charge in [-0.25, -0.2) is 9.50 Å². The largest absolute Gasteiger partial charge is 0.393 e. The van der Waals surface area contributed by atoms with E-state index < -0.39 is 0 Å². The molecule has 0 aliphatic carbocycles. The fourth-order valence-electron chi connectivity index (χ4n) is 4.63. The molecule has 9 heteroatoms. The van der Waals surface area contributed by atoms with Gasteiger partial charge in [-0.1, -0.05) is 0 Å². The first kappa shape index (κ1) is 19.7. The summed E-state index contributed by atoms with van der Waals surface area (Å²) >= 11 is 0. The minimum atomic E-state index is -0.209. The first-order valence-electron chi connectivity index (χ1n) is 11.1. The number of nitrogens with one attached hydrogen (secondary N) is 2. The molecule has 0 bridgehead atoms. The molecule has 33 heavy (non-hydrogen) atoms. The number of anilines is 3. The SMILES string of the molecule is O=C1NCc2c(-c3cccn4nccc34)ncc(Nc3ccc(N4CCC(O)CC4)cn3)c21. The fraction of sp³-hybridized carbons (Fsp3) is 0.250. The average Bonchev–Trinajstić information content (AvgIpc) is 3.48. The predicted molar refractivity (Wildman–Crippen MR) is 125 cm³/mol. The number of aromatic nitrogens is 4. The molecule has 0 radical (unpaired) electrons. The van der Waals surface area contributed by atoms with E-state index in [2.05, 4.69) is 25.6 Å². The number of carbonyl (C=O) groups is 1. The molecular weight excluding hydrogens is 418 g/mol. The van der Waals surface area contributed by atoms with E-state index in [1.807, 2.05) is 42.7 Å². The van der Waals surface area contributed by atoms with Crippen LogP contribution in [0.2, 0.25) is 0 Å². The Hall–Kier alpha value is -3.98. The second-order valence-corrected chi connectivity index (χ2v) is 8.38. The Labute approximate surface area is 190 Å². The lowest BCUT2D eigenvalue weighted by molar-refractivity contribution is 0.0966. The van der Waals surface area contributed by atoms with Crippen molar-refractivity contribution in [2.45, 2.75) is 25.5 Å². The summed E-state index contributed by atoms with van der Waals surface area (Å²) in [5.74, 6) is 0.519. The molecule has 0 aromatic carbocycles. The Balaban J connectivity index is 1.31. The van der Waals surface area contributed by atoms with Gasteiger partial charge < -0.3 is 20.6 Å². The molecule has 1 saturated heterocycles. The summed E-state index contributed by atoms with van der Waals surface area (Å²) in [6, 6.07) is 9.77. The molecule has 6 heterocycles. The third-order valence-electron chi connectivity index (χ3n) is 6.36. The summed E-state index contributed by atoms with van der Waals surface area (Å²) in [5, 5.41) is 20.2. The van der Waals surface area contributed by atoms with Crippen molar-refractivity contribution in [1.82, 2.24) is 24.9 Å². The van der Waals surface area contributed by atoms with E-state index in [1.54, 1.807) is 16.9 Å². The predicted octanol–water partition coefficient (Wildman–Crippen LogP) is 2.74. The number of amides is 1. The summed E-state index contributed by atoms with van der Waals surface area (Å²) in [5.41, 5.74) is 5.76. The van der Waals surface area contributed by atoms with Gasteiger partial charge in [-0.15, -0.1) is 0 Å². The lowest BCUT2D eigenvalue weighted by atomic mass is 10.0. The highest BCUT2D eigenvalue weighted by Crippen LogP contribution is 2.35. The Morgan fingerprint density at radius 3 is 2.79 bits per heavy atom. The number of pyridine rings is 3. The normalized spacial score (nSPS) is 16.2. The van der Waals surface area contributed by atoms with Crippen molar-refractivity contribution < 1.29 is 9.90 Å². The van der Waals surface area contributed by atoms with Crippen LogP contribution in [-0.4, -0.2) is 49.8 Å². The van der Waals surface area contributed by atoms with Crippen LogP contribution < -0.4 is 15.5 Å². The summed E-state index contributed by atoms with van der Waals surface area (Å²) in [6.07, 6.45) is 8.49. The third kappa shape index (κ3) is 3.46. The molecule has 1 fully saturated rings. The second kappa shape index (κ2) is 7.86. The molecule has 4 aromatic heterocycles. The van der Waals surface area contributed by atoms with Crippen molar-refractivity contribution in [2.24, 2.45) is 0 Å². The molecule has 0 unspecified atom stereocenters.